The minimum absolute atomic E-state index is 0.0426. The summed E-state index contributed by atoms with van der Waals surface area (Å²) in [5.74, 6) is 0.692. The summed E-state index contributed by atoms with van der Waals surface area (Å²) in [5.41, 5.74) is 1.35. The molecule has 0 spiro atoms. The maximum Gasteiger partial charge on any atom is 0.416 e. The Kier molecular flexibility index (Phi) is 6.81. The van der Waals surface area contributed by atoms with Gasteiger partial charge in [-0.1, -0.05) is 44.2 Å². The van der Waals surface area contributed by atoms with Crippen LogP contribution in [0.1, 0.15) is 42.3 Å². The van der Waals surface area contributed by atoms with Crippen LogP contribution in [0.4, 0.5) is 13.2 Å². The van der Waals surface area contributed by atoms with E-state index in [4.69, 9.17) is 4.74 Å². The molecule has 0 saturated carbocycles. The maximum atomic E-state index is 13.6. The second-order valence-electron chi connectivity index (χ2n) is 9.34. The van der Waals surface area contributed by atoms with Gasteiger partial charge in [0, 0.05) is 30.3 Å². The number of hydrogen-bond donors (Lipinski definition) is 0. The first kappa shape index (κ1) is 24.7. The highest BCUT2D eigenvalue weighted by molar-refractivity contribution is 6.05. The van der Waals surface area contributed by atoms with Gasteiger partial charge in [0.1, 0.15) is 5.75 Å². The Morgan fingerprint density at radius 1 is 1.06 bits per heavy atom. The van der Waals surface area contributed by atoms with Crippen LogP contribution in [0.2, 0.25) is 0 Å². The van der Waals surface area contributed by atoms with E-state index < -0.39 is 23.2 Å². The summed E-state index contributed by atoms with van der Waals surface area (Å²) in [5, 5.41) is 0. The quantitative estimate of drug-likeness (QED) is 0.400. The maximum absolute atomic E-state index is 13.6. The normalized spacial score (nSPS) is 19.7. The Bertz CT molecular complexity index is 1200. The summed E-state index contributed by atoms with van der Waals surface area (Å²) < 4.78 is 44.9. The highest BCUT2D eigenvalue weighted by Crippen LogP contribution is 2.43. The van der Waals surface area contributed by atoms with Gasteiger partial charge in [0.2, 0.25) is 0 Å². The zero-order chi connectivity index (χ0) is 25.2. The molecule has 1 aliphatic rings. The molecule has 1 fully saturated rings. The van der Waals surface area contributed by atoms with E-state index in [1.807, 2.05) is 44.2 Å². The molecule has 1 atom stereocenters. The second kappa shape index (κ2) is 9.66. The van der Waals surface area contributed by atoms with E-state index in [9.17, 15) is 18.0 Å². The van der Waals surface area contributed by atoms with Crippen molar-refractivity contribution >= 4 is 11.9 Å². The number of aromatic nitrogens is 1. The fourth-order valence-electron chi connectivity index (χ4n) is 4.50. The summed E-state index contributed by atoms with van der Waals surface area (Å²) >= 11 is 0. The number of ether oxygens (including phenoxy) is 1. The molecule has 0 bridgehead atoms. The van der Waals surface area contributed by atoms with Crippen LogP contribution < -0.4 is 4.74 Å². The fourth-order valence-corrected chi connectivity index (χ4v) is 4.50. The van der Waals surface area contributed by atoms with Crippen molar-refractivity contribution in [1.82, 2.24) is 9.88 Å². The first-order valence-corrected chi connectivity index (χ1v) is 11.3. The van der Waals surface area contributed by atoms with Crippen molar-refractivity contribution in [3.63, 3.8) is 0 Å². The monoisotopic (exact) mass is 480 g/mol. The van der Waals surface area contributed by atoms with Crippen molar-refractivity contribution in [2.45, 2.75) is 32.6 Å². The van der Waals surface area contributed by atoms with Crippen LogP contribution >= 0.6 is 0 Å². The standard InChI is InChI=1S/C28H27F3N2O2/c1-27(2)18-33(17-19-7-13-23(35-3)14-8-19)25(20-9-11-21(12-10-20)28(29,30)31)24(26(27)34)16-22-6-4-5-15-32-22/h4-16,25H,17-18H2,1-3H3/b24-16-. The van der Waals surface area contributed by atoms with Crippen LogP contribution in [-0.4, -0.2) is 29.3 Å². The number of carbonyl (C=O) groups excluding carboxylic acids is 1. The minimum Gasteiger partial charge on any atom is -0.497 e. The van der Waals surface area contributed by atoms with Gasteiger partial charge in [-0.25, -0.2) is 0 Å². The van der Waals surface area contributed by atoms with E-state index in [2.05, 4.69) is 9.88 Å². The van der Waals surface area contributed by atoms with Crippen LogP contribution in [0.3, 0.4) is 0 Å². The Labute approximate surface area is 203 Å². The fraction of sp³-hybridized carbons (Fsp3) is 0.286. The number of halogens is 3. The Balaban J connectivity index is 1.81. The Morgan fingerprint density at radius 3 is 2.31 bits per heavy atom. The molecular formula is C28H27F3N2O2. The molecule has 1 aliphatic heterocycles. The molecular weight excluding hydrogens is 453 g/mol. The zero-order valence-corrected chi connectivity index (χ0v) is 19.8. The molecule has 7 heteroatoms. The number of carbonyl (C=O) groups is 1. The minimum atomic E-state index is -4.43. The van der Waals surface area contributed by atoms with Gasteiger partial charge in [0.25, 0.3) is 0 Å². The molecule has 0 amide bonds. The van der Waals surface area contributed by atoms with Gasteiger partial charge in [0.05, 0.1) is 24.4 Å². The molecule has 2 heterocycles. The van der Waals surface area contributed by atoms with Crippen molar-refractivity contribution in [1.29, 1.82) is 0 Å². The number of alkyl halides is 3. The van der Waals surface area contributed by atoms with E-state index in [0.717, 1.165) is 23.4 Å². The predicted molar refractivity (Wildman–Crippen MR) is 129 cm³/mol. The van der Waals surface area contributed by atoms with Gasteiger partial charge in [-0.3, -0.25) is 14.7 Å². The highest BCUT2D eigenvalue weighted by Gasteiger charge is 2.44. The second-order valence-corrected chi connectivity index (χ2v) is 9.34. The molecule has 1 unspecified atom stereocenters. The number of methoxy groups -OCH3 is 1. The topological polar surface area (TPSA) is 42.4 Å². The summed E-state index contributed by atoms with van der Waals surface area (Å²) in [7, 11) is 1.60. The van der Waals surface area contributed by atoms with Crippen molar-refractivity contribution in [3.8, 4) is 5.75 Å². The van der Waals surface area contributed by atoms with Gasteiger partial charge in [-0.2, -0.15) is 13.2 Å². The number of pyridine rings is 1. The van der Waals surface area contributed by atoms with Crippen molar-refractivity contribution in [3.05, 3.63) is 101 Å². The number of Topliss-reactive ketones (excluding diaryl/α,β-unsaturated/α-hetero) is 1. The SMILES string of the molecule is COc1ccc(CN2CC(C)(C)C(=O)/C(=C\c3ccccn3)C2c2ccc(C(F)(F)F)cc2)cc1. The molecule has 1 aromatic heterocycles. The first-order valence-electron chi connectivity index (χ1n) is 11.3. The Hall–Kier alpha value is -3.45. The molecule has 4 rings (SSSR count). The van der Waals surface area contributed by atoms with E-state index in [1.165, 1.54) is 12.1 Å². The molecule has 3 aromatic rings. The number of piperidine rings is 1. The lowest BCUT2D eigenvalue weighted by molar-refractivity contribution is -0.137. The molecule has 0 aliphatic carbocycles. The number of benzene rings is 2. The van der Waals surface area contributed by atoms with E-state index in [-0.39, 0.29) is 5.78 Å². The number of rotatable bonds is 5. The van der Waals surface area contributed by atoms with Crippen molar-refractivity contribution < 1.29 is 22.7 Å². The van der Waals surface area contributed by atoms with Crippen molar-refractivity contribution in [2.24, 2.45) is 5.41 Å². The lowest BCUT2D eigenvalue weighted by Crippen LogP contribution is -2.49. The predicted octanol–water partition coefficient (Wildman–Crippen LogP) is 6.34. The van der Waals surface area contributed by atoms with Crippen LogP contribution in [-0.2, 0) is 17.5 Å². The van der Waals surface area contributed by atoms with Crippen molar-refractivity contribution in [2.75, 3.05) is 13.7 Å². The summed E-state index contributed by atoms with van der Waals surface area (Å²) in [6.07, 6.45) is -1.03. The summed E-state index contributed by atoms with van der Waals surface area (Å²) in [6.45, 7) is 4.74. The van der Waals surface area contributed by atoms with E-state index in [0.29, 0.717) is 29.9 Å². The molecule has 4 nitrogen and oxygen atoms in total. The first-order chi connectivity index (χ1) is 16.6. The number of likely N-dealkylation sites (tertiary alicyclic amines) is 1. The summed E-state index contributed by atoms with van der Waals surface area (Å²) in [4.78, 5) is 20.1. The zero-order valence-electron chi connectivity index (χ0n) is 19.8. The Morgan fingerprint density at radius 2 is 1.74 bits per heavy atom. The molecule has 0 radical (unpaired) electrons. The number of ketones is 1. The average Bonchev–Trinajstić information content (AvgIpc) is 2.83. The molecule has 35 heavy (non-hydrogen) atoms. The molecule has 2 aromatic carbocycles. The van der Waals surface area contributed by atoms with E-state index in [1.54, 1.807) is 31.5 Å². The van der Waals surface area contributed by atoms with Gasteiger partial charge >= 0.3 is 6.18 Å². The number of hydrogen-bond acceptors (Lipinski definition) is 4. The summed E-state index contributed by atoms with van der Waals surface area (Å²) in [6, 6.07) is 17.6. The van der Waals surface area contributed by atoms with Crippen LogP contribution in [0.15, 0.2) is 78.5 Å². The number of nitrogens with zero attached hydrogens (tertiary/aromatic N) is 2. The third-order valence-corrected chi connectivity index (χ3v) is 6.22. The largest absolute Gasteiger partial charge is 0.497 e. The average molecular weight is 481 g/mol. The molecule has 182 valence electrons. The van der Waals surface area contributed by atoms with Gasteiger partial charge < -0.3 is 4.74 Å². The van der Waals surface area contributed by atoms with Crippen LogP contribution in [0, 0.1) is 5.41 Å². The van der Waals surface area contributed by atoms with E-state index >= 15 is 0 Å². The van der Waals surface area contributed by atoms with Gasteiger partial charge in [0.15, 0.2) is 5.78 Å². The van der Waals surface area contributed by atoms with Gasteiger partial charge in [-0.05, 0) is 53.6 Å². The van der Waals surface area contributed by atoms with Gasteiger partial charge in [-0.15, -0.1) is 0 Å². The van der Waals surface area contributed by atoms with Crippen LogP contribution in [0.5, 0.6) is 5.75 Å². The molecule has 1 saturated heterocycles. The lowest BCUT2D eigenvalue weighted by Gasteiger charge is -2.44. The van der Waals surface area contributed by atoms with Crippen LogP contribution in [0.25, 0.3) is 6.08 Å². The highest BCUT2D eigenvalue weighted by atomic mass is 19.4. The third-order valence-electron chi connectivity index (χ3n) is 6.22. The molecule has 0 N–H and O–H groups in total. The lowest BCUT2D eigenvalue weighted by atomic mass is 9.74. The smallest absolute Gasteiger partial charge is 0.416 e. The third kappa shape index (κ3) is 5.46.